The second-order valence-electron chi connectivity index (χ2n) is 3.07. The highest BCUT2D eigenvalue weighted by Crippen LogP contribution is 2.20. The van der Waals surface area contributed by atoms with Crippen molar-refractivity contribution in [2.24, 2.45) is 0 Å². The van der Waals surface area contributed by atoms with E-state index in [2.05, 4.69) is 21.6 Å². The van der Waals surface area contributed by atoms with E-state index in [-0.39, 0.29) is 0 Å². The summed E-state index contributed by atoms with van der Waals surface area (Å²) in [5, 5.41) is 19.8. The summed E-state index contributed by atoms with van der Waals surface area (Å²) in [6.45, 7) is 3.56. The van der Waals surface area contributed by atoms with E-state index in [9.17, 15) is 0 Å². The molecule has 0 bridgehead atoms. The molecule has 14 heavy (non-hydrogen) atoms. The molecular weight excluding hydrogens is 200 g/mol. The third-order valence-electron chi connectivity index (χ3n) is 1.79. The number of thioether (sulfide) groups is 1. The van der Waals surface area contributed by atoms with Gasteiger partial charge in [-0.25, -0.2) is 0 Å². The lowest BCUT2D eigenvalue weighted by atomic mass is 10.1. The van der Waals surface area contributed by atoms with Gasteiger partial charge in [-0.2, -0.15) is 5.26 Å². The SMILES string of the molecule is CNC(C)(C#N)CSc1nnc(C)o1. The van der Waals surface area contributed by atoms with Crippen LogP contribution in [-0.4, -0.2) is 28.5 Å². The number of aromatic nitrogens is 2. The second kappa shape index (κ2) is 4.44. The van der Waals surface area contributed by atoms with Crippen LogP contribution in [0.3, 0.4) is 0 Å². The van der Waals surface area contributed by atoms with Crippen molar-refractivity contribution in [3.05, 3.63) is 5.89 Å². The molecule has 0 fully saturated rings. The molecule has 1 unspecified atom stereocenters. The molecule has 76 valence electrons. The number of rotatable bonds is 4. The molecule has 1 aromatic heterocycles. The summed E-state index contributed by atoms with van der Waals surface area (Å²) in [4.78, 5) is 0. The molecule has 0 aliphatic carbocycles. The molecule has 0 aliphatic heterocycles. The molecule has 1 rings (SSSR count). The summed E-state index contributed by atoms with van der Waals surface area (Å²) in [6.07, 6.45) is 0. The molecule has 0 saturated carbocycles. The normalized spacial score (nSPS) is 14.7. The lowest BCUT2D eigenvalue weighted by molar-refractivity contribution is 0.427. The molecule has 5 nitrogen and oxygen atoms in total. The fourth-order valence-corrected chi connectivity index (χ4v) is 1.60. The van der Waals surface area contributed by atoms with Gasteiger partial charge in [0.15, 0.2) is 0 Å². The van der Waals surface area contributed by atoms with E-state index in [1.165, 1.54) is 11.8 Å². The number of hydrogen-bond acceptors (Lipinski definition) is 6. The maximum absolute atomic E-state index is 8.88. The van der Waals surface area contributed by atoms with Crippen LogP contribution in [0.25, 0.3) is 0 Å². The second-order valence-corrected chi connectivity index (χ2v) is 4.00. The lowest BCUT2D eigenvalue weighted by Gasteiger charge is -2.18. The Labute approximate surface area is 86.9 Å². The molecule has 0 radical (unpaired) electrons. The molecule has 0 spiro atoms. The summed E-state index contributed by atoms with van der Waals surface area (Å²) < 4.78 is 5.17. The van der Waals surface area contributed by atoms with Crippen LogP contribution in [-0.2, 0) is 0 Å². The predicted octanol–water partition coefficient (Wildman–Crippen LogP) is 0.972. The Morgan fingerprint density at radius 3 is 2.79 bits per heavy atom. The molecule has 0 saturated heterocycles. The van der Waals surface area contributed by atoms with Crippen molar-refractivity contribution < 1.29 is 4.42 Å². The van der Waals surface area contributed by atoms with E-state index < -0.39 is 5.54 Å². The number of hydrogen-bond donors (Lipinski definition) is 1. The van der Waals surface area contributed by atoms with Crippen LogP contribution in [0.1, 0.15) is 12.8 Å². The smallest absolute Gasteiger partial charge is 0.276 e. The van der Waals surface area contributed by atoms with Crippen LogP contribution in [0.4, 0.5) is 0 Å². The standard InChI is InChI=1S/C8H12N4OS/c1-6-11-12-7(13-6)14-5-8(2,4-9)10-3/h10H,5H2,1-3H3. The Bertz CT molecular complexity index is 345. The van der Waals surface area contributed by atoms with Crippen LogP contribution in [0.15, 0.2) is 9.64 Å². The highest BCUT2D eigenvalue weighted by atomic mass is 32.2. The van der Waals surface area contributed by atoms with Gasteiger partial charge < -0.3 is 9.73 Å². The van der Waals surface area contributed by atoms with Gasteiger partial charge >= 0.3 is 0 Å². The Balaban J connectivity index is 2.52. The monoisotopic (exact) mass is 212 g/mol. The van der Waals surface area contributed by atoms with Crippen LogP contribution in [0.2, 0.25) is 0 Å². The van der Waals surface area contributed by atoms with E-state index in [1.54, 1.807) is 14.0 Å². The number of aryl methyl sites for hydroxylation is 1. The Morgan fingerprint density at radius 2 is 2.36 bits per heavy atom. The Kier molecular flexibility index (Phi) is 3.49. The minimum absolute atomic E-state index is 0.499. The number of nitriles is 1. The summed E-state index contributed by atoms with van der Waals surface area (Å²) in [5.41, 5.74) is -0.562. The average Bonchev–Trinajstić information content (AvgIpc) is 2.61. The molecular formula is C8H12N4OS. The van der Waals surface area contributed by atoms with Gasteiger partial charge in [-0.3, -0.25) is 0 Å². The summed E-state index contributed by atoms with van der Waals surface area (Å²) in [6, 6.07) is 2.18. The third kappa shape index (κ3) is 2.72. The summed E-state index contributed by atoms with van der Waals surface area (Å²) in [5.74, 6) is 1.11. The van der Waals surface area contributed by atoms with Crippen molar-refractivity contribution in [2.45, 2.75) is 24.6 Å². The van der Waals surface area contributed by atoms with Crippen molar-refractivity contribution in [3.63, 3.8) is 0 Å². The minimum Gasteiger partial charge on any atom is -0.416 e. The lowest BCUT2D eigenvalue weighted by Crippen LogP contribution is -2.40. The van der Waals surface area contributed by atoms with E-state index in [4.69, 9.17) is 9.68 Å². The van der Waals surface area contributed by atoms with Crippen LogP contribution in [0, 0.1) is 18.3 Å². The van der Waals surface area contributed by atoms with Crippen molar-refractivity contribution in [2.75, 3.05) is 12.8 Å². The van der Waals surface area contributed by atoms with Crippen molar-refractivity contribution in [1.29, 1.82) is 5.26 Å². The first-order valence-electron chi connectivity index (χ1n) is 4.13. The maximum Gasteiger partial charge on any atom is 0.276 e. The van der Waals surface area contributed by atoms with Gasteiger partial charge in [0.2, 0.25) is 5.89 Å². The highest BCUT2D eigenvalue weighted by Gasteiger charge is 2.22. The molecule has 1 heterocycles. The molecule has 0 aliphatic rings. The maximum atomic E-state index is 8.88. The fraction of sp³-hybridized carbons (Fsp3) is 0.625. The predicted molar refractivity (Wildman–Crippen MR) is 52.8 cm³/mol. The van der Waals surface area contributed by atoms with Crippen molar-refractivity contribution >= 4 is 11.8 Å². The van der Waals surface area contributed by atoms with E-state index in [1.807, 2.05) is 6.92 Å². The minimum atomic E-state index is -0.562. The highest BCUT2D eigenvalue weighted by molar-refractivity contribution is 7.99. The van der Waals surface area contributed by atoms with Gasteiger partial charge in [0.25, 0.3) is 5.22 Å². The fourth-order valence-electron chi connectivity index (χ4n) is 0.703. The number of nitrogens with one attached hydrogen (secondary N) is 1. The first kappa shape index (κ1) is 11.0. The van der Waals surface area contributed by atoms with Crippen LogP contribution >= 0.6 is 11.8 Å². The van der Waals surface area contributed by atoms with Crippen molar-refractivity contribution in [1.82, 2.24) is 15.5 Å². The molecule has 1 atom stereocenters. The van der Waals surface area contributed by atoms with Gasteiger partial charge in [0.1, 0.15) is 5.54 Å². The average molecular weight is 212 g/mol. The van der Waals surface area contributed by atoms with Crippen molar-refractivity contribution in [3.8, 4) is 6.07 Å². The van der Waals surface area contributed by atoms with E-state index in [0.717, 1.165) is 0 Å². The molecule has 1 N–H and O–H groups in total. The van der Waals surface area contributed by atoms with E-state index in [0.29, 0.717) is 16.9 Å². The zero-order chi connectivity index (χ0) is 10.6. The van der Waals surface area contributed by atoms with Gasteiger partial charge in [0.05, 0.1) is 6.07 Å². The zero-order valence-corrected chi connectivity index (χ0v) is 9.18. The van der Waals surface area contributed by atoms with Crippen LogP contribution < -0.4 is 5.32 Å². The van der Waals surface area contributed by atoms with Crippen LogP contribution in [0.5, 0.6) is 0 Å². The third-order valence-corrected chi connectivity index (χ3v) is 2.92. The zero-order valence-electron chi connectivity index (χ0n) is 8.37. The summed E-state index contributed by atoms with van der Waals surface area (Å²) >= 11 is 1.37. The molecule has 0 aromatic carbocycles. The van der Waals surface area contributed by atoms with Gasteiger partial charge in [-0.05, 0) is 14.0 Å². The Morgan fingerprint density at radius 1 is 1.64 bits per heavy atom. The van der Waals surface area contributed by atoms with Gasteiger partial charge in [0, 0.05) is 12.7 Å². The topological polar surface area (TPSA) is 74.7 Å². The molecule has 6 heteroatoms. The first-order chi connectivity index (χ1) is 6.59. The molecule has 0 amide bonds. The largest absolute Gasteiger partial charge is 0.416 e. The van der Waals surface area contributed by atoms with E-state index >= 15 is 0 Å². The van der Waals surface area contributed by atoms with Gasteiger partial charge in [-0.1, -0.05) is 11.8 Å². The quantitative estimate of drug-likeness (QED) is 0.750. The Hall–Kier alpha value is -1.06. The molecule has 1 aromatic rings. The summed E-state index contributed by atoms with van der Waals surface area (Å²) in [7, 11) is 1.75. The van der Waals surface area contributed by atoms with Gasteiger partial charge in [-0.15, -0.1) is 10.2 Å². The number of nitrogens with zero attached hydrogens (tertiary/aromatic N) is 3. The first-order valence-corrected chi connectivity index (χ1v) is 5.11.